The Kier molecular flexibility index (Phi) is 6.49. The fourth-order valence-electron chi connectivity index (χ4n) is 4.31. The van der Waals surface area contributed by atoms with Crippen LogP contribution in [0.2, 0.25) is 0 Å². The lowest BCUT2D eigenvalue weighted by Crippen LogP contribution is -2.50. The Morgan fingerprint density at radius 1 is 0.944 bits per heavy atom. The van der Waals surface area contributed by atoms with Gasteiger partial charge < -0.3 is 28.8 Å². The monoisotopic (exact) mass is 486 g/mol. The average Bonchev–Trinajstić information content (AvgIpc) is 2.92. The lowest BCUT2D eigenvalue weighted by Gasteiger charge is -2.36. The van der Waals surface area contributed by atoms with Crippen LogP contribution in [0.5, 0.6) is 17.2 Å². The molecule has 0 spiro atoms. The van der Waals surface area contributed by atoms with E-state index in [0.29, 0.717) is 31.9 Å². The van der Waals surface area contributed by atoms with Gasteiger partial charge >= 0.3 is 0 Å². The van der Waals surface area contributed by atoms with Crippen molar-refractivity contribution < 1.29 is 23.8 Å². The number of anilines is 1. The van der Waals surface area contributed by atoms with E-state index in [2.05, 4.69) is 4.90 Å². The SMILES string of the molecule is COc1ccc(N2CCN(C(=O)COc3cc(O)c4c(=O)cc(-c5ccccc5)oc4c3)CC2)cc1. The number of benzene rings is 3. The van der Waals surface area contributed by atoms with Gasteiger partial charge in [0.25, 0.3) is 5.91 Å². The molecule has 0 aliphatic carbocycles. The highest BCUT2D eigenvalue weighted by Gasteiger charge is 2.22. The Labute approximate surface area is 207 Å². The number of fused-ring (bicyclic) bond motifs is 1. The highest BCUT2D eigenvalue weighted by Crippen LogP contribution is 2.31. The number of carbonyl (C=O) groups is 1. The summed E-state index contributed by atoms with van der Waals surface area (Å²) < 4.78 is 16.8. The van der Waals surface area contributed by atoms with Crippen molar-refractivity contribution in [1.29, 1.82) is 0 Å². The van der Waals surface area contributed by atoms with E-state index in [4.69, 9.17) is 13.9 Å². The van der Waals surface area contributed by atoms with E-state index >= 15 is 0 Å². The van der Waals surface area contributed by atoms with Crippen molar-refractivity contribution in [3.63, 3.8) is 0 Å². The third kappa shape index (κ3) is 4.84. The van der Waals surface area contributed by atoms with Gasteiger partial charge in [0.05, 0.1) is 7.11 Å². The molecule has 1 aliphatic heterocycles. The summed E-state index contributed by atoms with van der Waals surface area (Å²) >= 11 is 0. The van der Waals surface area contributed by atoms with Crippen LogP contribution < -0.4 is 19.8 Å². The standard InChI is InChI=1S/C28H26N2O6/c1-34-21-9-7-20(8-10-21)29-11-13-30(14-12-29)27(33)18-35-22-15-23(31)28-24(32)17-25(36-26(28)16-22)19-5-3-2-4-6-19/h2-10,15-17,31H,11-14,18H2,1H3. The number of hydrogen-bond acceptors (Lipinski definition) is 7. The van der Waals surface area contributed by atoms with Gasteiger partial charge in [-0.25, -0.2) is 0 Å². The smallest absolute Gasteiger partial charge is 0.260 e. The molecule has 36 heavy (non-hydrogen) atoms. The zero-order chi connectivity index (χ0) is 25.1. The minimum Gasteiger partial charge on any atom is -0.507 e. The molecule has 4 aromatic rings. The number of aromatic hydroxyl groups is 1. The van der Waals surface area contributed by atoms with Gasteiger partial charge in [0, 0.05) is 55.6 Å². The Balaban J connectivity index is 1.24. The predicted octanol–water partition coefficient (Wildman–Crippen LogP) is 3.90. The van der Waals surface area contributed by atoms with Gasteiger partial charge in [-0.2, -0.15) is 0 Å². The molecule has 8 heteroatoms. The van der Waals surface area contributed by atoms with Gasteiger partial charge in [-0.05, 0) is 24.3 Å². The number of methoxy groups -OCH3 is 1. The highest BCUT2D eigenvalue weighted by molar-refractivity contribution is 5.86. The average molecular weight is 487 g/mol. The number of piperazine rings is 1. The summed E-state index contributed by atoms with van der Waals surface area (Å²) in [4.78, 5) is 29.4. The van der Waals surface area contributed by atoms with Crippen molar-refractivity contribution in [3.8, 4) is 28.6 Å². The van der Waals surface area contributed by atoms with Gasteiger partial charge in [-0.3, -0.25) is 9.59 Å². The highest BCUT2D eigenvalue weighted by atomic mass is 16.5. The summed E-state index contributed by atoms with van der Waals surface area (Å²) in [6, 6.07) is 21.3. The molecule has 0 saturated carbocycles. The van der Waals surface area contributed by atoms with Crippen molar-refractivity contribution in [2.45, 2.75) is 0 Å². The first kappa shape index (κ1) is 23.3. The lowest BCUT2D eigenvalue weighted by atomic mass is 10.1. The molecule has 1 aliphatic rings. The van der Waals surface area contributed by atoms with E-state index < -0.39 is 0 Å². The van der Waals surface area contributed by atoms with Gasteiger partial charge in [0.1, 0.15) is 34.0 Å². The summed E-state index contributed by atoms with van der Waals surface area (Å²) in [5.74, 6) is 1.04. The van der Waals surface area contributed by atoms with Crippen LogP contribution in [0.25, 0.3) is 22.3 Å². The maximum absolute atomic E-state index is 12.8. The molecule has 0 unspecified atom stereocenters. The maximum atomic E-state index is 12.8. The van der Waals surface area contributed by atoms with E-state index in [9.17, 15) is 14.7 Å². The second-order valence-corrected chi connectivity index (χ2v) is 8.51. The maximum Gasteiger partial charge on any atom is 0.260 e. The number of carbonyl (C=O) groups excluding carboxylic acids is 1. The van der Waals surface area contributed by atoms with Crippen molar-refractivity contribution in [1.82, 2.24) is 4.90 Å². The number of ether oxygens (including phenoxy) is 2. The molecular weight excluding hydrogens is 460 g/mol. The molecule has 184 valence electrons. The Hall–Kier alpha value is -4.46. The molecule has 0 bridgehead atoms. The fraction of sp³-hybridized carbons (Fsp3) is 0.214. The molecule has 1 saturated heterocycles. The number of phenols is 1. The molecule has 0 atom stereocenters. The largest absolute Gasteiger partial charge is 0.507 e. The van der Waals surface area contributed by atoms with E-state index in [1.807, 2.05) is 54.6 Å². The van der Waals surface area contributed by atoms with Crippen LogP contribution >= 0.6 is 0 Å². The number of hydrogen-bond donors (Lipinski definition) is 1. The van der Waals surface area contributed by atoms with Crippen molar-refractivity contribution >= 4 is 22.6 Å². The first-order chi connectivity index (χ1) is 17.5. The summed E-state index contributed by atoms with van der Waals surface area (Å²) in [7, 11) is 1.64. The van der Waals surface area contributed by atoms with E-state index in [1.54, 1.807) is 12.0 Å². The third-order valence-corrected chi connectivity index (χ3v) is 6.27. The second kappa shape index (κ2) is 10.0. The van der Waals surface area contributed by atoms with Crippen LogP contribution in [0.3, 0.4) is 0 Å². The number of nitrogens with zero attached hydrogens (tertiary/aromatic N) is 2. The predicted molar refractivity (Wildman–Crippen MR) is 137 cm³/mol. The van der Waals surface area contributed by atoms with Crippen LogP contribution in [-0.2, 0) is 4.79 Å². The van der Waals surface area contributed by atoms with Crippen LogP contribution in [0, 0.1) is 0 Å². The summed E-state index contributed by atoms with van der Waals surface area (Å²) in [5, 5.41) is 10.5. The first-order valence-corrected chi connectivity index (χ1v) is 11.7. The molecule has 1 fully saturated rings. The summed E-state index contributed by atoms with van der Waals surface area (Å²) in [6.45, 7) is 2.39. The molecule has 3 aromatic carbocycles. The van der Waals surface area contributed by atoms with Crippen LogP contribution in [-0.4, -0.2) is 55.8 Å². The third-order valence-electron chi connectivity index (χ3n) is 6.27. The lowest BCUT2D eigenvalue weighted by molar-refractivity contribution is -0.133. The van der Waals surface area contributed by atoms with E-state index in [-0.39, 0.29) is 40.4 Å². The summed E-state index contributed by atoms with van der Waals surface area (Å²) in [6.07, 6.45) is 0. The second-order valence-electron chi connectivity index (χ2n) is 8.51. The minimum atomic E-state index is -0.357. The fourth-order valence-corrected chi connectivity index (χ4v) is 4.31. The van der Waals surface area contributed by atoms with Gasteiger partial charge in [-0.15, -0.1) is 0 Å². The Morgan fingerprint density at radius 3 is 2.36 bits per heavy atom. The quantitative estimate of drug-likeness (QED) is 0.442. The van der Waals surface area contributed by atoms with Crippen molar-refractivity contribution in [2.75, 3.05) is 44.8 Å². The van der Waals surface area contributed by atoms with Gasteiger partial charge in [0.15, 0.2) is 12.0 Å². The van der Waals surface area contributed by atoms with Crippen molar-refractivity contribution in [3.05, 3.63) is 83.0 Å². The molecule has 1 amide bonds. The van der Waals surface area contributed by atoms with Crippen LogP contribution in [0.1, 0.15) is 0 Å². The summed E-state index contributed by atoms with van der Waals surface area (Å²) in [5.41, 5.74) is 1.66. The van der Waals surface area contributed by atoms with Gasteiger partial charge in [0.2, 0.25) is 0 Å². The normalized spacial score (nSPS) is 13.6. The Morgan fingerprint density at radius 2 is 1.67 bits per heavy atom. The molecule has 2 heterocycles. The van der Waals surface area contributed by atoms with Crippen LogP contribution in [0.4, 0.5) is 5.69 Å². The number of rotatable bonds is 6. The molecule has 1 aromatic heterocycles. The number of phenolic OH excluding ortho intramolecular Hbond substituents is 1. The zero-order valence-electron chi connectivity index (χ0n) is 19.8. The Bertz CT molecular complexity index is 1420. The molecule has 8 nitrogen and oxygen atoms in total. The number of amides is 1. The van der Waals surface area contributed by atoms with E-state index in [1.165, 1.54) is 18.2 Å². The molecular formula is C28H26N2O6. The molecule has 1 N–H and O–H groups in total. The van der Waals surface area contributed by atoms with Crippen molar-refractivity contribution in [2.24, 2.45) is 0 Å². The first-order valence-electron chi connectivity index (χ1n) is 11.7. The van der Waals surface area contributed by atoms with E-state index in [0.717, 1.165) is 17.0 Å². The molecule has 5 rings (SSSR count). The van der Waals surface area contributed by atoms with Crippen LogP contribution in [0.15, 0.2) is 82.0 Å². The minimum absolute atomic E-state index is 0.0722. The zero-order valence-corrected chi connectivity index (χ0v) is 19.8. The van der Waals surface area contributed by atoms with Gasteiger partial charge in [-0.1, -0.05) is 30.3 Å². The molecule has 0 radical (unpaired) electrons. The topological polar surface area (TPSA) is 92.5 Å².